The lowest BCUT2D eigenvalue weighted by atomic mass is 10.0. The monoisotopic (exact) mass is 569 g/mol. The second-order valence-electron chi connectivity index (χ2n) is 10.8. The Morgan fingerprint density at radius 1 is 1.07 bits per heavy atom. The van der Waals surface area contributed by atoms with E-state index >= 15 is 0 Å². The van der Waals surface area contributed by atoms with Gasteiger partial charge in [-0.05, 0) is 55.9 Å². The van der Waals surface area contributed by atoms with Gasteiger partial charge in [0.25, 0.3) is 11.9 Å². The standard InChI is InChI=1S/C28H30F3N7O3/c1-17-5-4-12-37(16-17)27-35-24(28(29,30)31)23(41-27)25(39)33-18-8-9-22(32-15-18)36-13-10-19(11-14-36)38-21-7-3-2-6-20(21)34-26(38)40/h2-3,6-9,15,17,19H,4-5,10-14,16H2,1H3,(H,33,39)(H,34,40). The Morgan fingerprint density at radius 3 is 2.56 bits per heavy atom. The van der Waals surface area contributed by atoms with Gasteiger partial charge in [-0.1, -0.05) is 19.1 Å². The van der Waals surface area contributed by atoms with Crippen LogP contribution in [0.2, 0.25) is 0 Å². The van der Waals surface area contributed by atoms with Crippen molar-refractivity contribution in [3.63, 3.8) is 0 Å². The van der Waals surface area contributed by atoms with Gasteiger partial charge < -0.3 is 24.5 Å². The lowest BCUT2D eigenvalue weighted by Crippen LogP contribution is -2.37. The molecule has 2 fully saturated rings. The van der Waals surface area contributed by atoms with Gasteiger partial charge in [-0.3, -0.25) is 9.36 Å². The molecule has 0 bridgehead atoms. The number of imidazole rings is 1. The molecule has 0 saturated carbocycles. The quantitative estimate of drug-likeness (QED) is 0.346. The fraction of sp³-hybridized carbons (Fsp3) is 0.429. The van der Waals surface area contributed by atoms with Gasteiger partial charge in [-0.2, -0.15) is 18.2 Å². The number of hydrogen-bond donors (Lipinski definition) is 2. The number of amides is 1. The molecular weight excluding hydrogens is 539 g/mol. The molecule has 1 unspecified atom stereocenters. The Kier molecular flexibility index (Phi) is 6.96. The van der Waals surface area contributed by atoms with Crippen molar-refractivity contribution in [3.05, 3.63) is 64.5 Å². The number of piperidine rings is 2. The van der Waals surface area contributed by atoms with E-state index in [1.807, 2.05) is 35.8 Å². The third-order valence-corrected chi connectivity index (χ3v) is 7.80. The number of nitrogens with one attached hydrogen (secondary N) is 2. The number of rotatable bonds is 5. The number of anilines is 3. The van der Waals surface area contributed by atoms with Gasteiger partial charge in [0.15, 0.2) is 5.69 Å². The van der Waals surface area contributed by atoms with Gasteiger partial charge in [0, 0.05) is 32.2 Å². The molecule has 41 heavy (non-hydrogen) atoms. The molecule has 1 atom stereocenters. The van der Waals surface area contributed by atoms with E-state index < -0.39 is 23.5 Å². The van der Waals surface area contributed by atoms with Crippen LogP contribution in [-0.2, 0) is 6.18 Å². The molecule has 0 spiro atoms. The van der Waals surface area contributed by atoms with Crippen LogP contribution in [0.4, 0.5) is 30.7 Å². The lowest BCUT2D eigenvalue weighted by molar-refractivity contribution is -0.141. The number of benzene rings is 1. The second-order valence-corrected chi connectivity index (χ2v) is 10.8. The summed E-state index contributed by atoms with van der Waals surface area (Å²) in [7, 11) is 0. The number of nitrogens with zero attached hydrogens (tertiary/aromatic N) is 5. The SMILES string of the molecule is CC1CCCN(c2nc(C(F)(F)F)c(C(=O)Nc3ccc(N4CCC(n5c(=O)[nH]c6ccccc65)CC4)nc3)o2)C1. The number of halogens is 3. The maximum absolute atomic E-state index is 13.7. The summed E-state index contributed by atoms with van der Waals surface area (Å²) in [5.41, 5.74) is 0.457. The maximum Gasteiger partial charge on any atom is 0.437 e. The van der Waals surface area contributed by atoms with Gasteiger partial charge in [0.2, 0.25) is 5.76 Å². The summed E-state index contributed by atoms with van der Waals surface area (Å²) in [5, 5.41) is 2.46. The first kappa shape index (κ1) is 26.9. The molecule has 6 rings (SSSR count). The van der Waals surface area contributed by atoms with Gasteiger partial charge in [0.1, 0.15) is 5.82 Å². The summed E-state index contributed by atoms with van der Waals surface area (Å²) in [6.07, 6.45) is -0.175. The highest BCUT2D eigenvalue weighted by atomic mass is 19.4. The predicted octanol–water partition coefficient (Wildman–Crippen LogP) is 5.06. The van der Waals surface area contributed by atoms with E-state index in [0.29, 0.717) is 32.0 Å². The van der Waals surface area contributed by atoms with Crippen LogP contribution in [0.1, 0.15) is 54.9 Å². The minimum atomic E-state index is -4.85. The van der Waals surface area contributed by atoms with E-state index in [9.17, 15) is 22.8 Å². The molecule has 2 aliphatic heterocycles. The zero-order chi connectivity index (χ0) is 28.7. The van der Waals surface area contributed by atoms with E-state index in [0.717, 1.165) is 36.7 Å². The number of carbonyl (C=O) groups is 1. The first-order valence-electron chi connectivity index (χ1n) is 13.7. The van der Waals surface area contributed by atoms with Gasteiger partial charge in [-0.15, -0.1) is 0 Å². The molecule has 1 amide bonds. The van der Waals surface area contributed by atoms with Crippen molar-refractivity contribution >= 4 is 34.5 Å². The number of aromatic nitrogens is 4. The average Bonchev–Trinajstić information content (AvgIpc) is 3.55. The number of hydrogen-bond acceptors (Lipinski definition) is 7. The zero-order valence-electron chi connectivity index (χ0n) is 22.4. The highest BCUT2D eigenvalue weighted by Crippen LogP contribution is 2.35. The highest BCUT2D eigenvalue weighted by molar-refractivity contribution is 6.03. The summed E-state index contributed by atoms with van der Waals surface area (Å²) in [5.74, 6) is -0.955. The number of pyridine rings is 1. The van der Waals surface area contributed by atoms with Crippen molar-refractivity contribution in [3.8, 4) is 0 Å². The molecule has 5 heterocycles. The van der Waals surface area contributed by atoms with Crippen LogP contribution >= 0.6 is 0 Å². The van der Waals surface area contributed by atoms with Crippen LogP contribution < -0.4 is 20.8 Å². The van der Waals surface area contributed by atoms with Crippen LogP contribution in [-0.4, -0.2) is 51.6 Å². The van der Waals surface area contributed by atoms with Crippen LogP contribution in [0.5, 0.6) is 0 Å². The number of oxazole rings is 1. The number of H-pyrrole nitrogens is 1. The zero-order valence-corrected chi connectivity index (χ0v) is 22.4. The van der Waals surface area contributed by atoms with Gasteiger partial charge >= 0.3 is 11.9 Å². The second kappa shape index (κ2) is 10.6. The van der Waals surface area contributed by atoms with E-state index in [2.05, 4.69) is 25.2 Å². The minimum Gasteiger partial charge on any atom is -0.417 e. The molecule has 0 aliphatic carbocycles. The fourth-order valence-electron chi connectivity index (χ4n) is 5.78. The van der Waals surface area contributed by atoms with Crippen molar-refractivity contribution in [2.45, 2.75) is 44.8 Å². The Hall–Kier alpha value is -4.29. The number of aromatic amines is 1. The number of alkyl halides is 3. The van der Waals surface area contributed by atoms with Crippen LogP contribution in [0.25, 0.3) is 11.0 Å². The Balaban J connectivity index is 1.12. The number of carbonyl (C=O) groups excluding carboxylic acids is 1. The van der Waals surface area contributed by atoms with E-state index in [1.165, 1.54) is 6.20 Å². The maximum atomic E-state index is 13.7. The summed E-state index contributed by atoms with van der Waals surface area (Å²) >= 11 is 0. The van der Waals surface area contributed by atoms with Crippen LogP contribution in [0.15, 0.2) is 51.8 Å². The molecule has 13 heteroatoms. The predicted molar refractivity (Wildman–Crippen MR) is 147 cm³/mol. The molecule has 4 aromatic rings. The Morgan fingerprint density at radius 2 is 1.85 bits per heavy atom. The number of para-hydroxylation sites is 2. The topological polar surface area (TPSA) is 112 Å². The van der Waals surface area contributed by atoms with Crippen molar-refractivity contribution in [1.82, 2.24) is 19.5 Å². The molecule has 1 aromatic carbocycles. The molecular formula is C28H30F3N7O3. The molecule has 2 aliphatic rings. The highest BCUT2D eigenvalue weighted by Gasteiger charge is 2.42. The third kappa shape index (κ3) is 5.40. The lowest BCUT2D eigenvalue weighted by Gasteiger charge is -2.33. The van der Waals surface area contributed by atoms with E-state index in [1.54, 1.807) is 17.0 Å². The first-order chi connectivity index (χ1) is 19.7. The third-order valence-electron chi connectivity index (χ3n) is 7.80. The molecule has 0 radical (unpaired) electrons. The van der Waals surface area contributed by atoms with Gasteiger partial charge in [0.05, 0.1) is 22.9 Å². The molecule has 10 nitrogen and oxygen atoms in total. The summed E-state index contributed by atoms with van der Waals surface area (Å²) in [6, 6.07) is 10.8. The van der Waals surface area contributed by atoms with Crippen molar-refractivity contribution < 1.29 is 22.4 Å². The Labute approximate surface area is 233 Å². The Bertz CT molecular complexity index is 1600. The molecule has 2 N–H and O–H groups in total. The summed E-state index contributed by atoms with van der Waals surface area (Å²) in [4.78, 5) is 40.1. The van der Waals surface area contributed by atoms with Crippen molar-refractivity contribution in [1.29, 1.82) is 0 Å². The molecule has 2 saturated heterocycles. The minimum absolute atomic E-state index is 0.0521. The van der Waals surface area contributed by atoms with E-state index in [4.69, 9.17) is 4.42 Å². The van der Waals surface area contributed by atoms with E-state index in [-0.39, 0.29) is 29.4 Å². The molecule has 3 aromatic heterocycles. The summed E-state index contributed by atoms with van der Waals surface area (Å²) in [6.45, 7) is 4.38. The number of fused-ring (bicyclic) bond motifs is 1. The van der Waals surface area contributed by atoms with Crippen molar-refractivity contribution in [2.24, 2.45) is 5.92 Å². The smallest absolute Gasteiger partial charge is 0.417 e. The fourth-order valence-corrected chi connectivity index (χ4v) is 5.78. The first-order valence-corrected chi connectivity index (χ1v) is 13.7. The molecule has 216 valence electrons. The largest absolute Gasteiger partial charge is 0.437 e. The van der Waals surface area contributed by atoms with Crippen LogP contribution in [0.3, 0.4) is 0 Å². The average molecular weight is 570 g/mol. The normalized spacial score (nSPS) is 18.7. The van der Waals surface area contributed by atoms with Gasteiger partial charge in [-0.25, -0.2) is 9.78 Å². The van der Waals surface area contributed by atoms with Crippen LogP contribution in [0, 0.1) is 5.92 Å². The van der Waals surface area contributed by atoms with Crippen molar-refractivity contribution in [2.75, 3.05) is 41.3 Å². The summed E-state index contributed by atoms with van der Waals surface area (Å²) < 4.78 is 48.4.